The first-order chi connectivity index (χ1) is 10.1. The number of quaternary nitrogens is 1. The van der Waals surface area contributed by atoms with E-state index in [2.05, 4.69) is 23.1 Å². The second-order valence-corrected chi connectivity index (χ2v) is 6.50. The molecular weight excluding hydrogens is 282 g/mol. The number of hydrogen-bond donors (Lipinski definition) is 1. The van der Waals surface area contributed by atoms with Gasteiger partial charge in [0.2, 0.25) is 4.77 Å². The summed E-state index contributed by atoms with van der Waals surface area (Å²) in [6.07, 6.45) is 6.74. The highest BCUT2D eigenvalue weighted by atomic mass is 32.1. The highest BCUT2D eigenvalue weighted by molar-refractivity contribution is 7.71. The van der Waals surface area contributed by atoms with E-state index in [0.717, 1.165) is 28.6 Å². The molecule has 0 radical (unpaired) electrons. The van der Waals surface area contributed by atoms with Crippen molar-refractivity contribution in [2.75, 3.05) is 13.1 Å². The second kappa shape index (κ2) is 6.23. The summed E-state index contributed by atoms with van der Waals surface area (Å²) in [5, 5.41) is 4.63. The number of aryl methyl sites for hydroxylation is 2. The van der Waals surface area contributed by atoms with Gasteiger partial charge in [-0.25, -0.2) is 4.98 Å². The monoisotopic (exact) mass is 306 g/mol. The average Bonchev–Trinajstić information content (AvgIpc) is 2.69. The molecule has 21 heavy (non-hydrogen) atoms. The minimum atomic E-state index is 0.726. The Labute approximate surface area is 130 Å². The first kappa shape index (κ1) is 14.7. The van der Waals surface area contributed by atoms with Crippen molar-refractivity contribution in [3.63, 3.8) is 0 Å². The summed E-state index contributed by atoms with van der Waals surface area (Å²) in [6.45, 7) is 7.37. The van der Waals surface area contributed by atoms with E-state index in [-0.39, 0.29) is 0 Å². The quantitative estimate of drug-likeness (QED) is 0.858. The fourth-order valence-electron chi connectivity index (χ4n) is 3.21. The van der Waals surface area contributed by atoms with E-state index in [1.807, 2.05) is 16.0 Å². The van der Waals surface area contributed by atoms with E-state index in [1.54, 1.807) is 4.90 Å². The average molecular weight is 306 g/mol. The molecule has 3 heterocycles. The number of fused-ring (bicyclic) bond motifs is 1. The van der Waals surface area contributed by atoms with E-state index < -0.39 is 0 Å². The topological polar surface area (TPSA) is 39.6 Å². The SMILES string of the molecule is Cc1cc(C)n2c(=S)n(C[NH+]3CCCCCCC3)nc2n1. The molecule has 1 N–H and O–H groups in total. The lowest BCUT2D eigenvalue weighted by Crippen LogP contribution is -3.11. The molecule has 1 aliphatic rings. The largest absolute Gasteiger partial charge is 0.316 e. The predicted octanol–water partition coefficient (Wildman–Crippen LogP) is 1.68. The molecule has 1 fully saturated rings. The minimum absolute atomic E-state index is 0.726. The summed E-state index contributed by atoms with van der Waals surface area (Å²) in [4.78, 5) is 6.09. The van der Waals surface area contributed by atoms with Crippen molar-refractivity contribution in [3.8, 4) is 0 Å². The maximum Gasteiger partial charge on any atom is 0.254 e. The van der Waals surface area contributed by atoms with Crippen molar-refractivity contribution in [1.29, 1.82) is 0 Å². The number of hydrogen-bond acceptors (Lipinski definition) is 3. The third kappa shape index (κ3) is 3.16. The summed E-state index contributed by atoms with van der Waals surface area (Å²) in [5.74, 6) is 0.726. The van der Waals surface area contributed by atoms with Crippen LogP contribution in [0, 0.1) is 18.6 Å². The molecule has 6 heteroatoms. The third-order valence-corrected chi connectivity index (χ3v) is 4.70. The molecule has 0 amide bonds. The smallest absolute Gasteiger partial charge is 0.254 e. The highest BCUT2D eigenvalue weighted by Gasteiger charge is 2.15. The minimum Gasteiger partial charge on any atom is -0.316 e. The Morgan fingerprint density at radius 3 is 2.52 bits per heavy atom. The summed E-state index contributed by atoms with van der Waals surface area (Å²) in [7, 11) is 0. The van der Waals surface area contributed by atoms with Gasteiger partial charge >= 0.3 is 0 Å². The van der Waals surface area contributed by atoms with Crippen molar-refractivity contribution < 1.29 is 4.90 Å². The number of nitrogens with zero attached hydrogens (tertiary/aromatic N) is 4. The third-order valence-electron chi connectivity index (χ3n) is 4.30. The maximum absolute atomic E-state index is 5.60. The molecule has 0 bridgehead atoms. The Hall–Kier alpha value is -1.27. The van der Waals surface area contributed by atoms with Gasteiger partial charge in [-0.2, -0.15) is 4.68 Å². The fraction of sp³-hybridized carbons (Fsp3) is 0.667. The van der Waals surface area contributed by atoms with Crippen molar-refractivity contribution in [3.05, 3.63) is 22.2 Å². The Morgan fingerprint density at radius 1 is 1.14 bits per heavy atom. The summed E-state index contributed by atoms with van der Waals surface area (Å²) in [6, 6.07) is 2.05. The van der Waals surface area contributed by atoms with E-state index in [0.29, 0.717) is 0 Å². The lowest BCUT2D eigenvalue weighted by molar-refractivity contribution is -0.924. The molecule has 1 saturated heterocycles. The van der Waals surface area contributed by atoms with Crippen LogP contribution in [0.15, 0.2) is 6.07 Å². The Morgan fingerprint density at radius 2 is 1.81 bits per heavy atom. The van der Waals surface area contributed by atoms with E-state index in [1.165, 1.54) is 45.2 Å². The number of likely N-dealkylation sites (tertiary alicyclic amines) is 1. The second-order valence-electron chi connectivity index (χ2n) is 6.13. The van der Waals surface area contributed by atoms with Gasteiger partial charge in [0.1, 0.15) is 0 Å². The molecule has 0 aliphatic carbocycles. The van der Waals surface area contributed by atoms with Crippen LogP contribution in [-0.2, 0) is 6.67 Å². The molecule has 3 rings (SSSR count). The standard InChI is InChI=1S/C15H23N5S/c1-12-10-13(2)20-14(16-12)17-19(15(20)21)11-18-8-6-4-3-5-7-9-18/h10H,3-9,11H2,1-2H3/p+1. The zero-order valence-electron chi connectivity index (χ0n) is 12.9. The zero-order chi connectivity index (χ0) is 14.8. The van der Waals surface area contributed by atoms with Gasteiger partial charge in [-0.05, 0) is 57.8 Å². The molecule has 2 aromatic heterocycles. The van der Waals surface area contributed by atoms with Crippen LogP contribution in [0.1, 0.15) is 43.5 Å². The van der Waals surface area contributed by atoms with Gasteiger partial charge in [-0.15, -0.1) is 5.10 Å². The van der Waals surface area contributed by atoms with Gasteiger partial charge < -0.3 is 4.90 Å². The van der Waals surface area contributed by atoms with Crippen LogP contribution in [0.5, 0.6) is 0 Å². The molecule has 0 unspecified atom stereocenters. The first-order valence-electron chi connectivity index (χ1n) is 7.92. The first-order valence-corrected chi connectivity index (χ1v) is 8.33. The molecule has 114 valence electrons. The van der Waals surface area contributed by atoms with Crippen molar-refractivity contribution >= 4 is 18.0 Å². The molecule has 0 saturated carbocycles. The van der Waals surface area contributed by atoms with Crippen LogP contribution in [0.2, 0.25) is 0 Å². The van der Waals surface area contributed by atoms with Gasteiger partial charge in [-0.3, -0.25) is 4.40 Å². The van der Waals surface area contributed by atoms with Crippen LogP contribution >= 0.6 is 12.2 Å². The van der Waals surface area contributed by atoms with Crippen LogP contribution in [-0.4, -0.2) is 32.3 Å². The Bertz CT molecular complexity index is 679. The van der Waals surface area contributed by atoms with Gasteiger partial charge in [0.15, 0.2) is 6.67 Å². The van der Waals surface area contributed by atoms with E-state index >= 15 is 0 Å². The van der Waals surface area contributed by atoms with Crippen LogP contribution in [0.4, 0.5) is 0 Å². The highest BCUT2D eigenvalue weighted by Crippen LogP contribution is 2.07. The van der Waals surface area contributed by atoms with Gasteiger partial charge in [0.05, 0.1) is 13.1 Å². The molecule has 0 aromatic carbocycles. The number of rotatable bonds is 2. The lowest BCUT2D eigenvalue weighted by Gasteiger charge is -2.21. The maximum atomic E-state index is 5.60. The summed E-state index contributed by atoms with van der Waals surface area (Å²) >= 11 is 5.60. The Kier molecular flexibility index (Phi) is 4.35. The Balaban J connectivity index is 1.88. The van der Waals surface area contributed by atoms with Gasteiger partial charge in [0, 0.05) is 11.4 Å². The van der Waals surface area contributed by atoms with Crippen LogP contribution in [0.3, 0.4) is 0 Å². The van der Waals surface area contributed by atoms with E-state index in [9.17, 15) is 0 Å². The molecule has 0 spiro atoms. The molecule has 5 nitrogen and oxygen atoms in total. The van der Waals surface area contributed by atoms with Crippen LogP contribution < -0.4 is 4.90 Å². The normalized spacial score (nSPS) is 17.8. The van der Waals surface area contributed by atoms with Crippen molar-refractivity contribution in [1.82, 2.24) is 19.2 Å². The van der Waals surface area contributed by atoms with Crippen molar-refractivity contribution in [2.45, 2.75) is 52.6 Å². The summed E-state index contributed by atoms with van der Waals surface area (Å²) < 4.78 is 4.71. The molecule has 1 aliphatic heterocycles. The fourth-order valence-corrected chi connectivity index (χ4v) is 3.54. The van der Waals surface area contributed by atoms with E-state index in [4.69, 9.17) is 12.2 Å². The van der Waals surface area contributed by atoms with Crippen LogP contribution in [0.25, 0.3) is 5.78 Å². The number of nitrogens with one attached hydrogen (secondary N) is 1. The molecular formula is C15H24N5S+. The zero-order valence-corrected chi connectivity index (χ0v) is 13.7. The lowest BCUT2D eigenvalue weighted by atomic mass is 10.1. The summed E-state index contributed by atoms with van der Waals surface area (Å²) in [5.41, 5.74) is 2.10. The molecule has 2 aromatic rings. The molecule has 0 atom stereocenters. The number of aromatic nitrogens is 4. The van der Waals surface area contributed by atoms with Gasteiger partial charge in [-0.1, -0.05) is 6.42 Å². The predicted molar refractivity (Wildman–Crippen MR) is 85.1 cm³/mol. The van der Waals surface area contributed by atoms with Crippen molar-refractivity contribution in [2.24, 2.45) is 0 Å². The van der Waals surface area contributed by atoms with Gasteiger partial charge in [0.25, 0.3) is 5.78 Å².